The lowest BCUT2D eigenvalue weighted by atomic mass is 9.72. The van der Waals surface area contributed by atoms with Crippen molar-refractivity contribution in [2.24, 2.45) is 0 Å². The van der Waals surface area contributed by atoms with Gasteiger partial charge in [0.1, 0.15) is 0 Å². The zero-order valence-corrected chi connectivity index (χ0v) is 16.3. The molecular formula is C23H27BO2. The van der Waals surface area contributed by atoms with Crippen LogP contribution in [0.4, 0.5) is 0 Å². The topological polar surface area (TPSA) is 18.5 Å². The summed E-state index contributed by atoms with van der Waals surface area (Å²) in [6.45, 7) is 8.48. The van der Waals surface area contributed by atoms with E-state index in [2.05, 4.69) is 70.2 Å². The third kappa shape index (κ3) is 2.08. The maximum atomic E-state index is 6.32. The number of benzene rings is 2. The Bertz CT molecular complexity index is 862. The molecule has 0 bridgehead atoms. The minimum Gasteiger partial charge on any atom is -0.399 e. The van der Waals surface area contributed by atoms with E-state index in [0.29, 0.717) is 0 Å². The minimum atomic E-state index is -0.301. The summed E-state index contributed by atoms with van der Waals surface area (Å²) in [5, 5.41) is 0. The molecule has 0 unspecified atom stereocenters. The standard InChI is InChI=1S/C23H27BO2/c1-21(2)22(3,4)26-24(25-21)16-11-12-18-17-9-5-6-10-19(17)23(20(18)15-16)13-7-8-14-23/h5-6,9-12,15H,7-8,13-14H2,1-4H3. The Kier molecular flexibility index (Phi) is 3.34. The van der Waals surface area contributed by atoms with E-state index < -0.39 is 0 Å². The predicted molar refractivity (Wildman–Crippen MR) is 107 cm³/mol. The van der Waals surface area contributed by atoms with Crippen LogP contribution in [0.25, 0.3) is 11.1 Å². The van der Waals surface area contributed by atoms with Crippen molar-refractivity contribution < 1.29 is 9.31 Å². The first-order chi connectivity index (χ1) is 12.3. The lowest BCUT2D eigenvalue weighted by Crippen LogP contribution is -2.41. The minimum absolute atomic E-state index is 0.200. The summed E-state index contributed by atoms with van der Waals surface area (Å²) in [5.41, 5.74) is 6.59. The van der Waals surface area contributed by atoms with Gasteiger partial charge in [0.05, 0.1) is 11.2 Å². The molecule has 3 aliphatic rings. The van der Waals surface area contributed by atoms with Crippen LogP contribution in [0.1, 0.15) is 64.5 Å². The van der Waals surface area contributed by atoms with Crippen molar-refractivity contribution in [3.05, 3.63) is 53.6 Å². The molecule has 5 rings (SSSR count). The van der Waals surface area contributed by atoms with Crippen molar-refractivity contribution in [2.75, 3.05) is 0 Å². The highest BCUT2D eigenvalue weighted by Crippen LogP contribution is 2.56. The first kappa shape index (κ1) is 16.6. The summed E-state index contributed by atoms with van der Waals surface area (Å²) < 4.78 is 12.6. The first-order valence-electron chi connectivity index (χ1n) is 9.94. The number of rotatable bonds is 1. The molecule has 1 heterocycles. The van der Waals surface area contributed by atoms with Gasteiger partial charge in [-0.3, -0.25) is 0 Å². The van der Waals surface area contributed by atoms with Gasteiger partial charge in [-0.15, -0.1) is 0 Å². The molecule has 1 spiro atoms. The third-order valence-corrected chi connectivity index (χ3v) is 7.27. The molecule has 26 heavy (non-hydrogen) atoms. The summed E-state index contributed by atoms with van der Waals surface area (Å²) in [6.07, 6.45) is 5.14. The van der Waals surface area contributed by atoms with Gasteiger partial charge in [-0.1, -0.05) is 55.3 Å². The first-order valence-corrected chi connectivity index (χ1v) is 9.94. The van der Waals surface area contributed by atoms with Crippen LogP contribution < -0.4 is 5.46 Å². The van der Waals surface area contributed by atoms with E-state index in [-0.39, 0.29) is 23.7 Å². The second-order valence-electron chi connectivity index (χ2n) is 9.23. The molecule has 2 nitrogen and oxygen atoms in total. The molecule has 0 amide bonds. The Morgan fingerprint density at radius 3 is 2.08 bits per heavy atom. The summed E-state index contributed by atoms with van der Waals surface area (Å²) >= 11 is 0. The van der Waals surface area contributed by atoms with Crippen molar-refractivity contribution in [2.45, 2.75) is 70.0 Å². The molecule has 0 atom stereocenters. The number of fused-ring (bicyclic) bond motifs is 5. The molecule has 2 aromatic rings. The maximum absolute atomic E-state index is 6.32. The van der Waals surface area contributed by atoms with Gasteiger partial charge in [0.15, 0.2) is 0 Å². The molecule has 134 valence electrons. The van der Waals surface area contributed by atoms with Crippen LogP contribution in [-0.2, 0) is 14.7 Å². The monoisotopic (exact) mass is 346 g/mol. The van der Waals surface area contributed by atoms with E-state index in [1.165, 1.54) is 47.9 Å². The Labute approximate surface area is 157 Å². The molecule has 0 aromatic heterocycles. The third-order valence-electron chi connectivity index (χ3n) is 7.27. The quantitative estimate of drug-likeness (QED) is 0.689. The Morgan fingerprint density at radius 1 is 0.769 bits per heavy atom. The number of hydrogen-bond acceptors (Lipinski definition) is 2. The molecule has 2 fully saturated rings. The molecule has 1 saturated heterocycles. The molecular weight excluding hydrogens is 319 g/mol. The normalized spacial score (nSPS) is 24.1. The summed E-state index contributed by atoms with van der Waals surface area (Å²) in [6, 6.07) is 15.9. The molecule has 2 aliphatic carbocycles. The highest BCUT2D eigenvalue weighted by molar-refractivity contribution is 6.62. The highest BCUT2D eigenvalue weighted by atomic mass is 16.7. The fourth-order valence-electron chi connectivity index (χ4n) is 5.12. The molecule has 1 saturated carbocycles. The average Bonchev–Trinajstić information content (AvgIpc) is 3.25. The van der Waals surface area contributed by atoms with Gasteiger partial charge in [-0.05, 0) is 68.3 Å². The van der Waals surface area contributed by atoms with Crippen LogP contribution in [0.15, 0.2) is 42.5 Å². The second-order valence-corrected chi connectivity index (χ2v) is 9.23. The van der Waals surface area contributed by atoms with Crippen LogP contribution >= 0.6 is 0 Å². The van der Waals surface area contributed by atoms with Gasteiger partial charge >= 0.3 is 7.12 Å². The molecule has 3 heteroatoms. The van der Waals surface area contributed by atoms with Crippen molar-refractivity contribution in [3.63, 3.8) is 0 Å². The van der Waals surface area contributed by atoms with Gasteiger partial charge in [0.2, 0.25) is 0 Å². The van der Waals surface area contributed by atoms with Crippen molar-refractivity contribution in [1.29, 1.82) is 0 Å². The van der Waals surface area contributed by atoms with Gasteiger partial charge in [0, 0.05) is 5.41 Å². The summed E-state index contributed by atoms with van der Waals surface area (Å²) in [4.78, 5) is 0. The van der Waals surface area contributed by atoms with Crippen molar-refractivity contribution in [1.82, 2.24) is 0 Å². The van der Waals surface area contributed by atoms with E-state index in [4.69, 9.17) is 9.31 Å². The van der Waals surface area contributed by atoms with Crippen LogP contribution in [0.2, 0.25) is 0 Å². The summed E-state index contributed by atoms with van der Waals surface area (Å²) in [5.74, 6) is 0. The SMILES string of the molecule is CC1(C)OB(c2ccc3c(c2)C2(CCCC2)c2ccccc2-3)OC1(C)C. The molecule has 0 radical (unpaired) electrons. The fraction of sp³-hybridized carbons (Fsp3) is 0.478. The van der Waals surface area contributed by atoms with E-state index in [1.54, 1.807) is 0 Å². The zero-order valence-electron chi connectivity index (χ0n) is 16.3. The smallest absolute Gasteiger partial charge is 0.399 e. The van der Waals surface area contributed by atoms with Crippen LogP contribution in [0, 0.1) is 0 Å². The Balaban J connectivity index is 1.62. The van der Waals surface area contributed by atoms with Gasteiger partial charge < -0.3 is 9.31 Å². The van der Waals surface area contributed by atoms with Crippen LogP contribution in [0.3, 0.4) is 0 Å². The lowest BCUT2D eigenvalue weighted by molar-refractivity contribution is 0.00578. The van der Waals surface area contributed by atoms with Crippen molar-refractivity contribution >= 4 is 12.6 Å². The van der Waals surface area contributed by atoms with E-state index in [1.807, 2.05) is 0 Å². The van der Waals surface area contributed by atoms with Crippen LogP contribution in [-0.4, -0.2) is 18.3 Å². The van der Waals surface area contributed by atoms with E-state index in [0.717, 1.165) is 5.46 Å². The number of hydrogen-bond donors (Lipinski definition) is 0. The predicted octanol–water partition coefficient (Wildman–Crippen LogP) is 4.83. The van der Waals surface area contributed by atoms with E-state index >= 15 is 0 Å². The average molecular weight is 346 g/mol. The Morgan fingerprint density at radius 2 is 1.38 bits per heavy atom. The zero-order chi connectivity index (χ0) is 18.2. The van der Waals surface area contributed by atoms with Crippen LogP contribution in [0.5, 0.6) is 0 Å². The van der Waals surface area contributed by atoms with E-state index in [9.17, 15) is 0 Å². The van der Waals surface area contributed by atoms with Gasteiger partial charge in [-0.2, -0.15) is 0 Å². The lowest BCUT2D eigenvalue weighted by Gasteiger charge is -2.32. The Hall–Kier alpha value is -1.58. The van der Waals surface area contributed by atoms with Gasteiger partial charge in [-0.25, -0.2) is 0 Å². The summed E-state index contributed by atoms with van der Waals surface area (Å²) in [7, 11) is -0.285. The second kappa shape index (κ2) is 5.24. The maximum Gasteiger partial charge on any atom is 0.494 e. The van der Waals surface area contributed by atoms with Gasteiger partial charge in [0.25, 0.3) is 0 Å². The molecule has 0 N–H and O–H groups in total. The molecule has 2 aromatic carbocycles. The van der Waals surface area contributed by atoms with Crippen molar-refractivity contribution in [3.8, 4) is 11.1 Å². The highest BCUT2D eigenvalue weighted by Gasteiger charge is 2.52. The largest absolute Gasteiger partial charge is 0.494 e. The molecule has 1 aliphatic heterocycles. The fourth-order valence-corrected chi connectivity index (χ4v) is 5.12.